The maximum atomic E-state index is 14.4. The molecule has 0 fully saturated rings. The molecule has 0 amide bonds. The molecule has 0 radical (unpaired) electrons. The van der Waals surface area contributed by atoms with Crippen LogP contribution >= 0.6 is 0 Å². The largest absolute Gasteiger partial charge is 0.363 e. The predicted octanol–water partition coefficient (Wildman–Crippen LogP) is 4.89. The Balaban J connectivity index is 2.00. The molecule has 4 nitrogen and oxygen atoms in total. The average Bonchev–Trinajstić information content (AvgIpc) is 2.53. The highest BCUT2D eigenvalue weighted by atomic mass is 19.3. The van der Waals surface area contributed by atoms with Crippen molar-refractivity contribution in [2.45, 2.75) is 33.2 Å². The Labute approximate surface area is 143 Å². The van der Waals surface area contributed by atoms with Gasteiger partial charge in [0.2, 0.25) is 0 Å². The molecule has 0 saturated carbocycles. The summed E-state index contributed by atoms with van der Waals surface area (Å²) in [7, 11) is 0. The Morgan fingerprint density at radius 3 is 2.40 bits per heavy atom. The number of anilines is 1. The molecule has 1 N–H and O–H groups in total. The first-order chi connectivity index (χ1) is 11.9. The lowest BCUT2D eigenvalue weighted by molar-refractivity contribution is 0.146. The molecule has 130 valence electrons. The summed E-state index contributed by atoms with van der Waals surface area (Å²) < 4.78 is 40.2. The van der Waals surface area contributed by atoms with Crippen LogP contribution in [-0.2, 0) is 0 Å². The Bertz CT molecular complexity index is 922. The second kappa shape index (κ2) is 6.66. The van der Waals surface area contributed by atoms with Crippen LogP contribution in [0.15, 0.2) is 30.3 Å². The van der Waals surface area contributed by atoms with E-state index in [9.17, 15) is 13.2 Å². The molecule has 0 unspecified atom stereocenters. The van der Waals surface area contributed by atoms with Crippen molar-refractivity contribution in [3.8, 4) is 0 Å². The van der Waals surface area contributed by atoms with Crippen molar-refractivity contribution in [2.24, 2.45) is 0 Å². The van der Waals surface area contributed by atoms with Crippen molar-refractivity contribution < 1.29 is 13.2 Å². The van der Waals surface area contributed by atoms with Crippen LogP contribution in [0.2, 0.25) is 0 Å². The molecule has 0 saturated heterocycles. The highest BCUT2D eigenvalue weighted by Crippen LogP contribution is 2.30. The van der Waals surface area contributed by atoms with Crippen molar-refractivity contribution in [1.29, 1.82) is 0 Å². The van der Waals surface area contributed by atoms with E-state index in [0.717, 1.165) is 11.8 Å². The molecular weight excluding hydrogens is 329 g/mol. The highest BCUT2D eigenvalue weighted by Gasteiger charge is 2.20. The molecule has 2 aromatic heterocycles. The van der Waals surface area contributed by atoms with Gasteiger partial charge in [0.1, 0.15) is 17.5 Å². The van der Waals surface area contributed by atoms with Crippen molar-refractivity contribution in [2.75, 3.05) is 5.32 Å². The number of nitrogens with zero attached hydrogens (tertiary/aromatic N) is 3. The van der Waals surface area contributed by atoms with Gasteiger partial charge in [0, 0.05) is 11.3 Å². The minimum absolute atomic E-state index is 0.155. The number of aryl methyl sites for hydroxylation is 2. The van der Waals surface area contributed by atoms with E-state index in [1.54, 1.807) is 13.8 Å². The van der Waals surface area contributed by atoms with Crippen molar-refractivity contribution in [3.63, 3.8) is 0 Å². The summed E-state index contributed by atoms with van der Waals surface area (Å²) >= 11 is 0. The number of benzene rings is 1. The van der Waals surface area contributed by atoms with Crippen LogP contribution in [0.5, 0.6) is 0 Å². The van der Waals surface area contributed by atoms with Gasteiger partial charge in [0.15, 0.2) is 5.65 Å². The third-order valence-corrected chi connectivity index (χ3v) is 3.92. The molecule has 3 rings (SSSR count). The van der Waals surface area contributed by atoms with Gasteiger partial charge in [-0.25, -0.2) is 28.1 Å². The fourth-order valence-electron chi connectivity index (χ4n) is 2.68. The number of hydrogen-bond acceptors (Lipinski definition) is 4. The molecule has 1 aromatic carbocycles. The van der Waals surface area contributed by atoms with Gasteiger partial charge < -0.3 is 5.32 Å². The second-order valence-corrected chi connectivity index (χ2v) is 5.86. The number of hydrogen-bond donors (Lipinski definition) is 1. The lowest BCUT2D eigenvalue weighted by Gasteiger charge is -2.18. The number of nitrogens with one attached hydrogen (secondary N) is 1. The molecule has 2 heterocycles. The maximum absolute atomic E-state index is 14.4. The van der Waals surface area contributed by atoms with Gasteiger partial charge in [-0.1, -0.05) is 18.2 Å². The quantitative estimate of drug-likeness (QED) is 0.731. The van der Waals surface area contributed by atoms with Gasteiger partial charge in [-0.2, -0.15) is 0 Å². The van der Waals surface area contributed by atoms with Gasteiger partial charge in [-0.3, -0.25) is 0 Å². The number of alkyl halides is 2. The smallest absolute Gasteiger partial charge is 0.266 e. The normalized spacial score (nSPS) is 12.6. The number of pyridine rings is 1. The molecule has 1 atom stereocenters. The standard InChI is InChI=1S/C18H17F3N4/c1-9-7-8-14-17(22-9)24-11(3)25-18(14)23-10(2)12-5-4-6-13(15(12)19)16(20)21/h4-8,10,16H,1-3H3,(H,22,23,24,25)/t10-/m1/s1. The topological polar surface area (TPSA) is 50.7 Å². The third kappa shape index (κ3) is 3.40. The van der Waals surface area contributed by atoms with Crippen molar-refractivity contribution in [3.05, 3.63) is 58.8 Å². The zero-order chi connectivity index (χ0) is 18.1. The third-order valence-electron chi connectivity index (χ3n) is 3.92. The lowest BCUT2D eigenvalue weighted by atomic mass is 10.0. The lowest BCUT2D eigenvalue weighted by Crippen LogP contribution is -2.12. The van der Waals surface area contributed by atoms with Crippen molar-refractivity contribution >= 4 is 16.9 Å². The summed E-state index contributed by atoms with van der Waals surface area (Å²) in [5, 5.41) is 3.78. The molecule has 0 bridgehead atoms. The van der Waals surface area contributed by atoms with Gasteiger partial charge in [-0.05, 0) is 32.9 Å². The first-order valence-corrected chi connectivity index (χ1v) is 7.82. The van der Waals surface area contributed by atoms with Crippen LogP contribution in [0.1, 0.15) is 42.0 Å². The molecule has 0 aliphatic carbocycles. The van der Waals surface area contributed by atoms with E-state index < -0.39 is 23.8 Å². The number of fused-ring (bicyclic) bond motifs is 1. The number of aromatic nitrogens is 3. The number of rotatable bonds is 4. The zero-order valence-corrected chi connectivity index (χ0v) is 14.0. The van der Waals surface area contributed by atoms with Crippen LogP contribution < -0.4 is 5.32 Å². The molecule has 0 spiro atoms. The Kier molecular flexibility index (Phi) is 4.57. The summed E-state index contributed by atoms with van der Waals surface area (Å²) in [5.41, 5.74) is 0.902. The van der Waals surface area contributed by atoms with Crippen LogP contribution in [-0.4, -0.2) is 15.0 Å². The van der Waals surface area contributed by atoms with Gasteiger partial charge in [0.05, 0.1) is 17.0 Å². The monoisotopic (exact) mass is 346 g/mol. The van der Waals surface area contributed by atoms with Crippen LogP contribution in [0, 0.1) is 19.7 Å². The van der Waals surface area contributed by atoms with E-state index in [4.69, 9.17) is 0 Å². The van der Waals surface area contributed by atoms with Gasteiger partial charge >= 0.3 is 0 Å². The summed E-state index contributed by atoms with van der Waals surface area (Å²) in [6.45, 7) is 5.29. The van der Waals surface area contributed by atoms with Crippen LogP contribution in [0.4, 0.5) is 19.0 Å². The molecule has 0 aliphatic rings. The molecular formula is C18H17F3N4. The minimum Gasteiger partial charge on any atom is -0.363 e. The second-order valence-electron chi connectivity index (χ2n) is 5.86. The summed E-state index contributed by atoms with van der Waals surface area (Å²) in [6, 6.07) is 7.10. The zero-order valence-electron chi connectivity index (χ0n) is 14.0. The Morgan fingerprint density at radius 2 is 1.68 bits per heavy atom. The highest BCUT2D eigenvalue weighted by molar-refractivity contribution is 5.86. The van der Waals surface area contributed by atoms with Gasteiger partial charge in [0.25, 0.3) is 6.43 Å². The summed E-state index contributed by atoms with van der Waals surface area (Å²) in [5.74, 6) is 0.105. The van der Waals surface area contributed by atoms with E-state index in [1.807, 2.05) is 19.1 Å². The van der Waals surface area contributed by atoms with E-state index in [2.05, 4.69) is 20.3 Å². The van der Waals surface area contributed by atoms with Crippen molar-refractivity contribution in [1.82, 2.24) is 15.0 Å². The molecule has 7 heteroatoms. The summed E-state index contributed by atoms with van der Waals surface area (Å²) in [4.78, 5) is 13.0. The van der Waals surface area contributed by atoms with Crippen LogP contribution in [0.3, 0.4) is 0 Å². The first-order valence-electron chi connectivity index (χ1n) is 7.82. The SMILES string of the molecule is Cc1ccc2c(N[C@H](C)c3cccc(C(F)F)c3F)nc(C)nc2n1. The van der Waals surface area contributed by atoms with E-state index in [1.165, 1.54) is 12.1 Å². The first kappa shape index (κ1) is 17.1. The van der Waals surface area contributed by atoms with Gasteiger partial charge in [-0.15, -0.1) is 0 Å². The van der Waals surface area contributed by atoms with Crippen LogP contribution in [0.25, 0.3) is 11.0 Å². The fourth-order valence-corrected chi connectivity index (χ4v) is 2.68. The Morgan fingerprint density at radius 1 is 0.960 bits per heavy atom. The number of halogens is 3. The Hall–Kier alpha value is -2.70. The molecule has 0 aliphatic heterocycles. The average molecular weight is 346 g/mol. The molecule has 3 aromatic rings. The van der Waals surface area contributed by atoms with E-state index in [-0.39, 0.29) is 5.56 Å². The fraction of sp³-hybridized carbons (Fsp3) is 0.278. The van der Waals surface area contributed by atoms with E-state index >= 15 is 0 Å². The molecule has 25 heavy (non-hydrogen) atoms. The van der Waals surface area contributed by atoms with E-state index in [0.29, 0.717) is 22.7 Å². The summed E-state index contributed by atoms with van der Waals surface area (Å²) in [6.07, 6.45) is -2.86. The predicted molar refractivity (Wildman–Crippen MR) is 90.2 cm³/mol. The minimum atomic E-state index is -2.86. The maximum Gasteiger partial charge on any atom is 0.266 e.